The van der Waals surface area contributed by atoms with Gasteiger partial charge in [0.1, 0.15) is 22.8 Å². The van der Waals surface area contributed by atoms with Gasteiger partial charge in [-0.2, -0.15) is 13.9 Å². The number of aromatic nitrogens is 2. The quantitative estimate of drug-likeness (QED) is 0.589. The van der Waals surface area contributed by atoms with Crippen LogP contribution in [0.2, 0.25) is 0 Å². The second kappa shape index (κ2) is 8.06. The van der Waals surface area contributed by atoms with Crippen LogP contribution in [0.3, 0.4) is 0 Å². The van der Waals surface area contributed by atoms with E-state index in [-0.39, 0.29) is 17.2 Å². The summed E-state index contributed by atoms with van der Waals surface area (Å²) in [4.78, 5) is 14.8. The SMILES string of the molecule is COc1ccc2c(c1)-c1c(cnn1C)C1(CCN(C(=O)c3ccccc3OC(F)F)CC1)O2. The van der Waals surface area contributed by atoms with Gasteiger partial charge in [0.05, 0.1) is 24.6 Å². The molecule has 1 spiro atoms. The van der Waals surface area contributed by atoms with Crippen LogP contribution in [0.5, 0.6) is 17.2 Å². The lowest BCUT2D eigenvalue weighted by molar-refractivity contribution is -0.0504. The molecule has 0 unspecified atom stereocenters. The molecule has 0 aliphatic carbocycles. The zero-order valence-electron chi connectivity index (χ0n) is 18.3. The number of hydrogen-bond acceptors (Lipinski definition) is 5. The molecule has 2 aliphatic rings. The molecule has 1 saturated heterocycles. The van der Waals surface area contributed by atoms with E-state index in [0.29, 0.717) is 25.9 Å². The van der Waals surface area contributed by atoms with Crippen LogP contribution >= 0.6 is 0 Å². The highest BCUT2D eigenvalue weighted by atomic mass is 19.3. The Morgan fingerprint density at radius 3 is 2.67 bits per heavy atom. The Morgan fingerprint density at radius 1 is 1.18 bits per heavy atom. The first-order valence-electron chi connectivity index (χ1n) is 10.6. The van der Waals surface area contributed by atoms with E-state index < -0.39 is 12.2 Å². The summed E-state index contributed by atoms with van der Waals surface area (Å²) in [6.07, 6.45) is 2.91. The summed E-state index contributed by atoms with van der Waals surface area (Å²) in [6.45, 7) is -2.19. The van der Waals surface area contributed by atoms with E-state index in [9.17, 15) is 13.6 Å². The van der Waals surface area contributed by atoms with Crippen molar-refractivity contribution in [2.75, 3.05) is 20.2 Å². The molecule has 0 atom stereocenters. The number of aryl methyl sites for hydroxylation is 1. The first kappa shape index (κ1) is 21.2. The van der Waals surface area contributed by atoms with Crippen molar-refractivity contribution in [1.29, 1.82) is 0 Å². The van der Waals surface area contributed by atoms with Gasteiger partial charge in [0.2, 0.25) is 0 Å². The van der Waals surface area contributed by atoms with Crippen LogP contribution in [-0.4, -0.2) is 47.4 Å². The van der Waals surface area contributed by atoms with E-state index in [1.54, 1.807) is 24.1 Å². The average Bonchev–Trinajstić information content (AvgIpc) is 3.22. The van der Waals surface area contributed by atoms with Crippen molar-refractivity contribution in [3.05, 3.63) is 59.8 Å². The number of hydrogen-bond donors (Lipinski definition) is 0. The van der Waals surface area contributed by atoms with Crippen molar-refractivity contribution < 1.29 is 27.8 Å². The molecular weight excluding hydrogens is 432 g/mol. The van der Waals surface area contributed by atoms with E-state index in [1.807, 2.05) is 36.1 Å². The maximum Gasteiger partial charge on any atom is 0.387 e. The average molecular weight is 455 g/mol. The minimum absolute atomic E-state index is 0.121. The highest BCUT2D eigenvalue weighted by molar-refractivity contribution is 5.97. The second-order valence-corrected chi connectivity index (χ2v) is 8.16. The highest BCUT2D eigenvalue weighted by Crippen LogP contribution is 2.50. The zero-order chi connectivity index (χ0) is 23.2. The predicted molar refractivity (Wildman–Crippen MR) is 116 cm³/mol. The number of fused-ring (bicyclic) bond motifs is 4. The number of carbonyl (C=O) groups is 1. The maximum absolute atomic E-state index is 13.1. The summed E-state index contributed by atoms with van der Waals surface area (Å²) in [5.41, 5.74) is 2.34. The molecule has 172 valence electrons. The van der Waals surface area contributed by atoms with Crippen molar-refractivity contribution in [2.45, 2.75) is 25.1 Å². The van der Waals surface area contributed by atoms with E-state index >= 15 is 0 Å². The van der Waals surface area contributed by atoms with Gasteiger partial charge >= 0.3 is 6.61 Å². The summed E-state index contributed by atoms with van der Waals surface area (Å²) in [6, 6.07) is 11.8. The number of para-hydroxylation sites is 1. The van der Waals surface area contributed by atoms with Gasteiger partial charge in [0.25, 0.3) is 5.91 Å². The summed E-state index contributed by atoms with van der Waals surface area (Å²) in [5.74, 6) is 1.01. The number of nitrogens with zero attached hydrogens (tertiary/aromatic N) is 3. The molecule has 0 bridgehead atoms. The number of methoxy groups -OCH3 is 1. The topological polar surface area (TPSA) is 65.8 Å². The molecule has 2 aliphatic heterocycles. The smallest absolute Gasteiger partial charge is 0.387 e. The third-order valence-electron chi connectivity index (χ3n) is 6.37. The molecule has 7 nitrogen and oxygen atoms in total. The summed E-state index contributed by atoms with van der Waals surface area (Å²) >= 11 is 0. The molecule has 0 saturated carbocycles. The molecule has 33 heavy (non-hydrogen) atoms. The molecule has 5 rings (SSSR count). The number of amides is 1. The Kier molecular flexibility index (Phi) is 5.19. The molecular formula is C24H23F2N3O4. The van der Waals surface area contributed by atoms with Gasteiger partial charge in [-0.1, -0.05) is 12.1 Å². The Labute approximate surface area is 189 Å². The van der Waals surface area contributed by atoms with Gasteiger partial charge in [-0.15, -0.1) is 0 Å². The van der Waals surface area contributed by atoms with Gasteiger partial charge in [0, 0.05) is 44.1 Å². The molecule has 0 N–H and O–H groups in total. The van der Waals surface area contributed by atoms with Crippen molar-refractivity contribution >= 4 is 5.91 Å². The van der Waals surface area contributed by atoms with Crippen molar-refractivity contribution in [3.63, 3.8) is 0 Å². The van der Waals surface area contributed by atoms with Crippen LogP contribution in [0, 0.1) is 0 Å². The second-order valence-electron chi connectivity index (χ2n) is 8.16. The molecule has 9 heteroatoms. The van der Waals surface area contributed by atoms with Crippen LogP contribution in [-0.2, 0) is 12.6 Å². The van der Waals surface area contributed by atoms with E-state index in [0.717, 1.165) is 28.3 Å². The lowest BCUT2D eigenvalue weighted by Gasteiger charge is -2.44. The van der Waals surface area contributed by atoms with E-state index in [4.69, 9.17) is 9.47 Å². The lowest BCUT2D eigenvalue weighted by Crippen LogP contribution is -2.49. The Hall–Kier alpha value is -3.62. The largest absolute Gasteiger partial charge is 0.497 e. The van der Waals surface area contributed by atoms with E-state index in [1.165, 1.54) is 12.1 Å². The Bertz CT molecular complexity index is 1200. The summed E-state index contributed by atoms with van der Waals surface area (Å²) in [7, 11) is 3.51. The Morgan fingerprint density at radius 2 is 1.94 bits per heavy atom. The fourth-order valence-electron chi connectivity index (χ4n) is 4.72. The summed E-state index contributed by atoms with van der Waals surface area (Å²) < 4.78 is 43.8. The van der Waals surface area contributed by atoms with Crippen molar-refractivity contribution in [3.8, 4) is 28.5 Å². The molecule has 3 aromatic rings. The van der Waals surface area contributed by atoms with E-state index in [2.05, 4.69) is 9.84 Å². The van der Waals surface area contributed by atoms with Gasteiger partial charge in [0.15, 0.2) is 0 Å². The van der Waals surface area contributed by atoms with Gasteiger partial charge in [-0.05, 0) is 30.3 Å². The van der Waals surface area contributed by atoms with Crippen LogP contribution in [0.4, 0.5) is 8.78 Å². The number of alkyl halides is 2. The lowest BCUT2D eigenvalue weighted by atomic mass is 9.81. The maximum atomic E-state index is 13.1. The normalized spacial score (nSPS) is 16.2. The molecule has 2 aromatic carbocycles. The number of piperidine rings is 1. The Balaban J connectivity index is 1.41. The van der Waals surface area contributed by atoms with Gasteiger partial charge in [-0.25, -0.2) is 0 Å². The van der Waals surface area contributed by atoms with Gasteiger partial charge < -0.3 is 19.1 Å². The molecule has 3 heterocycles. The number of likely N-dealkylation sites (tertiary alicyclic amines) is 1. The minimum atomic E-state index is -3.00. The third kappa shape index (κ3) is 3.57. The van der Waals surface area contributed by atoms with Crippen molar-refractivity contribution in [2.24, 2.45) is 7.05 Å². The standard InChI is InChI=1S/C24H23F2N3O4/c1-28-21-17-13-15(31-2)7-8-20(17)33-24(18(21)14-27-28)9-11-29(12-10-24)22(30)16-5-3-4-6-19(16)32-23(25)26/h3-8,13-14,23H,9-12H2,1-2H3. The van der Waals surface area contributed by atoms with Crippen LogP contribution in [0.1, 0.15) is 28.8 Å². The highest BCUT2D eigenvalue weighted by Gasteiger charge is 2.46. The third-order valence-corrected chi connectivity index (χ3v) is 6.37. The first-order valence-corrected chi connectivity index (χ1v) is 10.6. The summed E-state index contributed by atoms with van der Waals surface area (Å²) in [5, 5.41) is 4.47. The van der Waals surface area contributed by atoms with Crippen molar-refractivity contribution in [1.82, 2.24) is 14.7 Å². The van der Waals surface area contributed by atoms with Crippen LogP contribution < -0.4 is 14.2 Å². The molecule has 1 fully saturated rings. The van der Waals surface area contributed by atoms with Crippen LogP contribution in [0.25, 0.3) is 11.3 Å². The van der Waals surface area contributed by atoms with Crippen LogP contribution in [0.15, 0.2) is 48.7 Å². The fraction of sp³-hybridized carbons (Fsp3) is 0.333. The number of benzene rings is 2. The number of rotatable bonds is 4. The van der Waals surface area contributed by atoms with Gasteiger partial charge in [-0.3, -0.25) is 9.48 Å². The molecule has 1 amide bonds. The molecule has 1 aromatic heterocycles. The monoisotopic (exact) mass is 455 g/mol. The number of ether oxygens (including phenoxy) is 3. The first-order chi connectivity index (χ1) is 15.9. The number of carbonyl (C=O) groups excluding carboxylic acids is 1. The zero-order valence-corrected chi connectivity index (χ0v) is 18.3. The number of halogens is 2. The fourth-order valence-corrected chi connectivity index (χ4v) is 4.72. The minimum Gasteiger partial charge on any atom is -0.497 e. The molecule has 0 radical (unpaired) electrons. The predicted octanol–water partition coefficient (Wildman–Crippen LogP) is 4.22.